The first-order valence-corrected chi connectivity index (χ1v) is 6.45. The highest BCUT2D eigenvalue weighted by molar-refractivity contribution is 6.45. The first-order chi connectivity index (χ1) is 9.70. The van der Waals surface area contributed by atoms with E-state index in [-0.39, 0.29) is 5.71 Å². The summed E-state index contributed by atoms with van der Waals surface area (Å²) < 4.78 is 5.16. The third-order valence-electron chi connectivity index (χ3n) is 2.75. The van der Waals surface area contributed by atoms with Crippen LogP contribution in [0.3, 0.4) is 0 Å². The number of halogens is 1. The second-order valence-corrected chi connectivity index (χ2v) is 4.53. The van der Waals surface area contributed by atoms with Crippen LogP contribution >= 0.6 is 11.6 Å². The lowest BCUT2D eigenvalue weighted by Crippen LogP contribution is -2.44. The van der Waals surface area contributed by atoms with Gasteiger partial charge in [-0.05, 0) is 24.3 Å². The summed E-state index contributed by atoms with van der Waals surface area (Å²) in [5.41, 5.74) is 3.14. The highest BCUT2D eigenvalue weighted by atomic mass is 35.5. The fraction of sp³-hybridized carbons (Fsp3) is 0.308. The molecule has 1 fully saturated rings. The van der Waals surface area contributed by atoms with Crippen molar-refractivity contribution >= 4 is 28.9 Å². The van der Waals surface area contributed by atoms with Crippen molar-refractivity contribution in [2.75, 3.05) is 31.7 Å². The van der Waals surface area contributed by atoms with Gasteiger partial charge in [0.05, 0.1) is 18.9 Å². The van der Waals surface area contributed by atoms with Gasteiger partial charge in [-0.2, -0.15) is 10.4 Å². The maximum Gasteiger partial charge on any atom is 0.285 e. The summed E-state index contributed by atoms with van der Waals surface area (Å²) in [5.74, 6) is -0.391. The van der Waals surface area contributed by atoms with Gasteiger partial charge >= 0.3 is 0 Å². The molecule has 1 aromatic rings. The highest BCUT2D eigenvalue weighted by Gasteiger charge is 2.21. The van der Waals surface area contributed by atoms with E-state index in [1.807, 2.05) is 6.07 Å². The maximum absolute atomic E-state index is 12.1. The molecule has 0 atom stereocenters. The van der Waals surface area contributed by atoms with Crippen LogP contribution in [0.1, 0.15) is 0 Å². The monoisotopic (exact) mass is 292 g/mol. The van der Waals surface area contributed by atoms with Gasteiger partial charge in [0, 0.05) is 18.1 Å². The number of amides is 1. The molecular formula is C13H13ClN4O2. The largest absolute Gasteiger partial charge is 0.378 e. The smallest absolute Gasteiger partial charge is 0.285 e. The molecule has 0 saturated carbocycles. The zero-order chi connectivity index (χ0) is 14.4. The molecule has 0 spiro atoms. The third-order valence-corrected chi connectivity index (χ3v) is 3.00. The second kappa shape index (κ2) is 6.89. The van der Waals surface area contributed by atoms with Crippen molar-refractivity contribution in [3.63, 3.8) is 0 Å². The van der Waals surface area contributed by atoms with E-state index in [1.54, 1.807) is 29.2 Å². The Morgan fingerprint density at radius 1 is 1.35 bits per heavy atom. The van der Waals surface area contributed by atoms with Crippen LogP contribution in [0, 0.1) is 11.3 Å². The average Bonchev–Trinajstić information content (AvgIpc) is 2.50. The van der Waals surface area contributed by atoms with Crippen LogP contribution in [-0.4, -0.2) is 42.8 Å². The van der Waals surface area contributed by atoms with E-state index in [2.05, 4.69) is 10.5 Å². The minimum Gasteiger partial charge on any atom is -0.378 e. The number of nitrogens with zero attached hydrogens (tertiary/aromatic N) is 3. The lowest BCUT2D eigenvalue weighted by molar-refractivity contribution is -0.127. The number of nitrogens with one attached hydrogen (secondary N) is 1. The van der Waals surface area contributed by atoms with Crippen LogP contribution in [0.5, 0.6) is 0 Å². The summed E-state index contributed by atoms with van der Waals surface area (Å²) in [6.07, 6.45) is 0. The molecule has 1 aromatic carbocycles. The summed E-state index contributed by atoms with van der Waals surface area (Å²) in [6, 6.07) is 8.61. The van der Waals surface area contributed by atoms with Crippen molar-refractivity contribution in [1.82, 2.24) is 4.90 Å². The topological polar surface area (TPSA) is 77.7 Å². The molecule has 1 N–H and O–H groups in total. The number of morpholine rings is 1. The molecule has 0 bridgehead atoms. The van der Waals surface area contributed by atoms with Crippen molar-refractivity contribution in [2.45, 2.75) is 0 Å². The summed E-state index contributed by atoms with van der Waals surface area (Å²) in [6.45, 7) is 1.91. The second-order valence-electron chi connectivity index (χ2n) is 4.10. The quantitative estimate of drug-likeness (QED) is 0.676. The van der Waals surface area contributed by atoms with Crippen molar-refractivity contribution < 1.29 is 9.53 Å². The Kier molecular flexibility index (Phi) is 4.93. The van der Waals surface area contributed by atoms with E-state index >= 15 is 0 Å². The molecule has 0 aromatic heterocycles. The van der Waals surface area contributed by atoms with Gasteiger partial charge in [-0.25, -0.2) is 0 Å². The fourth-order valence-corrected chi connectivity index (χ4v) is 1.81. The van der Waals surface area contributed by atoms with E-state index in [9.17, 15) is 4.79 Å². The van der Waals surface area contributed by atoms with Crippen molar-refractivity contribution in [2.24, 2.45) is 5.10 Å². The molecule has 7 heteroatoms. The number of carbonyl (C=O) groups excluding carboxylic acids is 1. The number of ether oxygens (including phenoxy) is 1. The van der Waals surface area contributed by atoms with Crippen molar-refractivity contribution in [1.29, 1.82) is 5.26 Å². The lowest BCUT2D eigenvalue weighted by Gasteiger charge is -2.25. The number of anilines is 1. The molecule has 20 heavy (non-hydrogen) atoms. The van der Waals surface area contributed by atoms with Crippen LogP contribution in [0.2, 0.25) is 5.02 Å². The molecule has 1 aliphatic heterocycles. The molecule has 1 amide bonds. The van der Waals surface area contributed by atoms with Gasteiger partial charge in [-0.1, -0.05) is 11.6 Å². The SMILES string of the molecule is N#C/C(=N\Nc1ccc(Cl)cc1)C(=O)N1CCOCC1. The Bertz CT molecular complexity index is 544. The third kappa shape index (κ3) is 3.70. The molecule has 1 aliphatic rings. The number of hydrogen-bond acceptors (Lipinski definition) is 5. The van der Waals surface area contributed by atoms with Gasteiger partial charge in [0.25, 0.3) is 5.91 Å². The summed E-state index contributed by atoms with van der Waals surface area (Å²) in [7, 11) is 0. The van der Waals surface area contributed by atoms with E-state index in [0.29, 0.717) is 37.0 Å². The normalized spacial score (nSPS) is 15.6. The maximum atomic E-state index is 12.1. The van der Waals surface area contributed by atoms with Crippen LogP contribution in [-0.2, 0) is 9.53 Å². The zero-order valence-electron chi connectivity index (χ0n) is 10.7. The molecule has 0 radical (unpaired) electrons. The van der Waals surface area contributed by atoms with E-state index < -0.39 is 5.91 Å². The molecule has 0 aliphatic carbocycles. The lowest BCUT2D eigenvalue weighted by atomic mass is 10.3. The summed E-state index contributed by atoms with van der Waals surface area (Å²) in [5, 5.41) is 13.5. The first kappa shape index (κ1) is 14.3. The number of hydrogen-bond donors (Lipinski definition) is 1. The number of benzene rings is 1. The first-order valence-electron chi connectivity index (χ1n) is 6.07. The van der Waals surface area contributed by atoms with Crippen molar-refractivity contribution in [3.05, 3.63) is 29.3 Å². The van der Waals surface area contributed by atoms with E-state index in [1.165, 1.54) is 0 Å². The Morgan fingerprint density at radius 2 is 2.00 bits per heavy atom. The van der Waals surface area contributed by atoms with Gasteiger partial charge in [0.1, 0.15) is 6.07 Å². The minimum atomic E-state index is -0.391. The number of rotatable bonds is 3. The van der Waals surface area contributed by atoms with Gasteiger partial charge in [0.15, 0.2) is 0 Å². The highest BCUT2D eigenvalue weighted by Crippen LogP contribution is 2.13. The molecule has 1 saturated heterocycles. The predicted molar refractivity (Wildman–Crippen MR) is 75.5 cm³/mol. The van der Waals surface area contributed by atoms with Gasteiger partial charge in [-0.3, -0.25) is 10.2 Å². The standard InChI is InChI=1S/C13H13ClN4O2/c14-10-1-3-11(4-2-10)16-17-12(9-15)13(19)18-5-7-20-8-6-18/h1-4,16H,5-8H2/b17-12+. The number of hydrazone groups is 1. The Hall–Kier alpha value is -2.10. The summed E-state index contributed by atoms with van der Waals surface area (Å²) in [4.78, 5) is 13.6. The molecule has 2 rings (SSSR count). The fourth-order valence-electron chi connectivity index (χ4n) is 1.68. The number of nitriles is 1. The van der Waals surface area contributed by atoms with Crippen LogP contribution in [0.4, 0.5) is 5.69 Å². The van der Waals surface area contributed by atoms with E-state index in [4.69, 9.17) is 21.6 Å². The summed E-state index contributed by atoms with van der Waals surface area (Å²) >= 11 is 5.77. The molecular weight excluding hydrogens is 280 g/mol. The van der Waals surface area contributed by atoms with Crippen LogP contribution in [0.25, 0.3) is 0 Å². The average molecular weight is 293 g/mol. The minimum absolute atomic E-state index is 0.179. The Morgan fingerprint density at radius 3 is 2.60 bits per heavy atom. The van der Waals surface area contributed by atoms with Gasteiger partial charge < -0.3 is 9.64 Å². The Labute approximate surface area is 121 Å². The Balaban J connectivity index is 2.03. The zero-order valence-corrected chi connectivity index (χ0v) is 11.4. The van der Waals surface area contributed by atoms with Gasteiger partial charge in [0.2, 0.25) is 5.71 Å². The molecule has 6 nitrogen and oxygen atoms in total. The molecule has 1 heterocycles. The van der Waals surface area contributed by atoms with Crippen molar-refractivity contribution in [3.8, 4) is 6.07 Å². The molecule has 0 unspecified atom stereocenters. The van der Waals surface area contributed by atoms with E-state index in [0.717, 1.165) is 0 Å². The molecule has 104 valence electrons. The number of carbonyl (C=O) groups is 1. The van der Waals surface area contributed by atoms with Crippen LogP contribution < -0.4 is 5.43 Å². The van der Waals surface area contributed by atoms with Crippen LogP contribution in [0.15, 0.2) is 29.4 Å². The predicted octanol–water partition coefficient (Wildman–Crippen LogP) is 1.49. The van der Waals surface area contributed by atoms with Gasteiger partial charge in [-0.15, -0.1) is 0 Å².